The highest BCUT2D eigenvalue weighted by atomic mass is 32.2. The van der Waals surface area contributed by atoms with Crippen molar-refractivity contribution in [3.8, 4) is 6.07 Å². The van der Waals surface area contributed by atoms with Gasteiger partial charge in [-0.05, 0) is 69.8 Å². The van der Waals surface area contributed by atoms with Crippen LogP contribution >= 0.6 is 11.8 Å². The minimum Gasteiger partial charge on any atom is -0.348 e. The second kappa shape index (κ2) is 15.1. The van der Waals surface area contributed by atoms with Crippen molar-refractivity contribution in [1.82, 2.24) is 24.9 Å². The third kappa shape index (κ3) is 6.86. The minimum absolute atomic E-state index is 0.0318. The summed E-state index contributed by atoms with van der Waals surface area (Å²) >= 11 is 1.57. The van der Waals surface area contributed by atoms with Gasteiger partial charge in [-0.25, -0.2) is 9.29 Å². The molecule has 1 N–H and O–H groups in total. The molecule has 6 aliphatic rings. The highest BCUT2D eigenvalue weighted by Crippen LogP contribution is 2.56. The van der Waals surface area contributed by atoms with E-state index in [1.807, 2.05) is 24.3 Å². The molecule has 49 heavy (non-hydrogen) atoms. The van der Waals surface area contributed by atoms with E-state index in [0.29, 0.717) is 44.3 Å². The number of thioether (sulfide) groups is 1. The molecule has 7 unspecified atom stereocenters. The Balaban J connectivity index is 1.25. The Bertz CT molecular complexity index is 1420. The van der Waals surface area contributed by atoms with Gasteiger partial charge in [0.1, 0.15) is 6.17 Å². The summed E-state index contributed by atoms with van der Waals surface area (Å²) in [5, 5.41) is 13.6. The number of nitrogens with zero attached hydrogens (tertiary/aromatic N) is 5. The van der Waals surface area contributed by atoms with Crippen molar-refractivity contribution in [2.45, 2.75) is 130 Å². The molecule has 2 saturated carbocycles. The molecular formula is C38H53FN6O3S. The van der Waals surface area contributed by atoms with E-state index in [1.54, 1.807) is 16.7 Å². The molecule has 4 aliphatic heterocycles. The Kier molecular flexibility index (Phi) is 10.8. The van der Waals surface area contributed by atoms with Crippen molar-refractivity contribution in [2.24, 2.45) is 5.92 Å². The maximum atomic E-state index is 15.9. The third-order valence-corrected chi connectivity index (χ3v) is 14.0. The van der Waals surface area contributed by atoms with Gasteiger partial charge in [0.15, 0.2) is 12.1 Å². The second-order valence-corrected chi connectivity index (χ2v) is 16.7. The average Bonchev–Trinajstić information content (AvgIpc) is 3.34. The number of halogens is 1. The molecule has 4 heterocycles. The largest absolute Gasteiger partial charge is 0.348 e. The highest BCUT2D eigenvalue weighted by Gasteiger charge is 2.59. The molecule has 2 aliphatic carbocycles. The van der Waals surface area contributed by atoms with Crippen LogP contribution in [-0.2, 0) is 14.3 Å². The first kappa shape index (κ1) is 35.1. The van der Waals surface area contributed by atoms with E-state index < -0.39 is 23.3 Å². The summed E-state index contributed by atoms with van der Waals surface area (Å²) in [5.74, 6) is -0.0802. The van der Waals surface area contributed by atoms with Gasteiger partial charge in [-0.15, -0.1) is 11.8 Å². The first-order valence-electron chi connectivity index (χ1n) is 18.7. The quantitative estimate of drug-likeness (QED) is 0.305. The third-order valence-electron chi connectivity index (χ3n) is 12.4. The van der Waals surface area contributed by atoms with Crippen LogP contribution in [0.3, 0.4) is 0 Å². The fourth-order valence-electron chi connectivity index (χ4n) is 9.83. The van der Waals surface area contributed by atoms with Crippen molar-refractivity contribution in [3.63, 3.8) is 0 Å². The van der Waals surface area contributed by atoms with E-state index in [-0.39, 0.29) is 48.7 Å². The Morgan fingerprint density at radius 2 is 1.92 bits per heavy atom. The topological polar surface area (TPSA) is 92.2 Å². The Hall–Kier alpha value is -2.33. The first-order valence-corrected chi connectivity index (χ1v) is 19.5. The predicted molar refractivity (Wildman–Crippen MR) is 188 cm³/mol. The van der Waals surface area contributed by atoms with Gasteiger partial charge in [-0.3, -0.25) is 19.8 Å². The van der Waals surface area contributed by atoms with Crippen molar-refractivity contribution in [2.75, 3.05) is 39.8 Å². The smallest absolute Gasteiger partial charge is 0.246 e. The summed E-state index contributed by atoms with van der Waals surface area (Å²) in [6.45, 7) is 7.06. The Labute approximate surface area is 295 Å². The summed E-state index contributed by atoms with van der Waals surface area (Å²) in [5.41, 5.74) is 0.694. The zero-order valence-corrected chi connectivity index (χ0v) is 29.8. The normalized spacial score (nSPS) is 36.6. The number of hydrogen-bond donors (Lipinski definition) is 1. The molecule has 0 bridgehead atoms. The number of likely N-dealkylation sites (tertiary alicyclic amines) is 1. The molecule has 0 radical (unpaired) electrons. The van der Waals surface area contributed by atoms with Crippen molar-refractivity contribution in [3.05, 3.63) is 42.5 Å². The number of nitriles is 1. The number of ketones is 1. The van der Waals surface area contributed by atoms with Gasteiger partial charge in [0, 0.05) is 49.0 Å². The first-order chi connectivity index (χ1) is 23.8. The number of likely N-dealkylation sites (N-methyl/N-ethyl adjacent to an activating group) is 1. The van der Waals surface area contributed by atoms with Gasteiger partial charge in [0.05, 0.1) is 42.1 Å². The molecule has 1 aromatic carbocycles. The number of piperazine rings is 1. The molecule has 3 saturated heterocycles. The van der Waals surface area contributed by atoms with Crippen molar-refractivity contribution in [1.29, 1.82) is 5.26 Å². The van der Waals surface area contributed by atoms with E-state index in [0.717, 1.165) is 56.4 Å². The lowest BCUT2D eigenvalue weighted by atomic mass is 9.71. The molecular weight excluding hydrogens is 640 g/mol. The van der Waals surface area contributed by atoms with E-state index in [9.17, 15) is 10.1 Å². The number of benzene rings is 1. The monoisotopic (exact) mass is 692 g/mol. The number of ether oxygens (including phenoxy) is 1. The molecule has 7 rings (SSSR count). The molecule has 11 heteroatoms. The van der Waals surface area contributed by atoms with Gasteiger partial charge in [0.25, 0.3) is 0 Å². The van der Waals surface area contributed by atoms with Crippen LogP contribution in [0, 0.1) is 17.2 Å². The number of fused-ring (bicyclic) bond motifs is 2. The van der Waals surface area contributed by atoms with E-state index in [2.05, 4.69) is 39.7 Å². The number of amides is 1. The second-order valence-electron chi connectivity index (χ2n) is 15.2. The van der Waals surface area contributed by atoms with Gasteiger partial charge >= 0.3 is 0 Å². The summed E-state index contributed by atoms with van der Waals surface area (Å²) in [6.07, 6.45) is 10.6. The number of carbonyl (C=O) groups excluding carboxylic acids is 2. The predicted octanol–water partition coefficient (Wildman–Crippen LogP) is 5.24. The summed E-state index contributed by atoms with van der Waals surface area (Å²) in [7, 11) is 2.16. The Morgan fingerprint density at radius 3 is 2.65 bits per heavy atom. The number of alkyl halides is 1. The molecule has 9 nitrogen and oxygen atoms in total. The molecule has 1 amide bonds. The van der Waals surface area contributed by atoms with Crippen molar-refractivity contribution >= 4 is 23.5 Å². The number of Topliss-reactive ketones (excluding diaryl/α,β-unsaturated/α-hetero) is 1. The van der Waals surface area contributed by atoms with Gasteiger partial charge < -0.3 is 14.5 Å². The van der Waals surface area contributed by atoms with Crippen LogP contribution < -0.4 is 5.32 Å². The molecule has 5 fully saturated rings. The lowest BCUT2D eigenvalue weighted by Crippen LogP contribution is -2.77. The van der Waals surface area contributed by atoms with Gasteiger partial charge in [0.2, 0.25) is 5.91 Å². The Morgan fingerprint density at radius 1 is 1.12 bits per heavy atom. The van der Waals surface area contributed by atoms with Crippen LogP contribution in [0.1, 0.15) is 88.8 Å². The lowest BCUT2D eigenvalue weighted by Gasteiger charge is -2.60. The van der Waals surface area contributed by atoms with Crippen LogP contribution in [0.25, 0.3) is 0 Å². The van der Waals surface area contributed by atoms with Gasteiger partial charge in [-0.1, -0.05) is 50.5 Å². The van der Waals surface area contributed by atoms with E-state index >= 15 is 9.18 Å². The molecule has 0 aromatic heterocycles. The maximum absolute atomic E-state index is 15.9. The number of carbonyl (C=O) groups is 2. The van der Waals surface area contributed by atoms with Crippen LogP contribution in [0.2, 0.25) is 0 Å². The van der Waals surface area contributed by atoms with Crippen LogP contribution in [-0.4, -0.2) is 113 Å². The molecule has 1 spiro atoms. The highest BCUT2D eigenvalue weighted by molar-refractivity contribution is 8.01. The molecule has 266 valence electrons. The SMILES string of the molecule is C=CC(=O)N1CCN(C2C3CC[C@]4(CC(F)c5ccccc5S4)C(=O)C3NC(OCC3CCCN3C)N2C2CCCCCC2)CC1CC#N. The maximum Gasteiger partial charge on any atom is 0.246 e. The van der Waals surface area contributed by atoms with E-state index in [4.69, 9.17) is 4.74 Å². The average molecular weight is 693 g/mol. The van der Waals surface area contributed by atoms with Gasteiger partial charge in [-0.2, -0.15) is 5.26 Å². The lowest BCUT2D eigenvalue weighted by molar-refractivity contribution is -0.213. The van der Waals surface area contributed by atoms with Crippen LogP contribution in [0.5, 0.6) is 0 Å². The number of nitrogens with one attached hydrogen (secondary N) is 1. The number of hydrogen-bond acceptors (Lipinski definition) is 9. The van der Waals surface area contributed by atoms with Crippen LogP contribution in [0.4, 0.5) is 4.39 Å². The fraction of sp³-hybridized carbons (Fsp3) is 0.711. The van der Waals surface area contributed by atoms with Crippen molar-refractivity contribution < 1.29 is 18.7 Å². The minimum atomic E-state index is -1.17. The fourth-order valence-corrected chi connectivity index (χ4v) is 11.4. The molecule has 1 aromatic rings. The zero-order chi connectivity index (χ0) is 34.1. The summed E-state index contributed by atoms with van der Waals surface area (Å²) in [6, 6.07) is 9.82. The summed E-state index contributed by atoms with van der Waals surface area (Å²) in [4.78, 5) is 38.0. The van der Waals surface area contributed by atoms with Crippen LogP contribution in [0.15, 0.2) is 41.8 Å². The molecule has 8 atom stereocenters. The summed E-state index contributed by atoms with van der Waals surface area (Å²) < 4.78 is 22.0. The standard InChI is InChI=1S/C38H53FN6O3S/c1-3-33(46)44-22-21-43(24-27(44)17-19-40)36-30-16-18-38(23-31(39)29-14-8-9-15-32(29)49-38)35(47)34(30)41-37(48-25-28-13-10-20-42(28)2)45(36)26-11-6-4-5-7-12-26/h3,8-9,14-15,26-28,30-31,34,36-37,41H,1,4-7,10-13,16-18,20-25H2,2H3/t27?,28?,30?,31?,34?,36?,37?,38-/m0/s1. The zero-order valence-electron chi connectivity index (χ0n) is 29.0. The number of rotatable bonds is 7. The van der Waals surface area contributed by atoms with E-state index in [1.165, 1.54) is 18.9 Å².